The average Bonchev–Trinajstić information content (AvgIpc) is 2.61. The largest absolute Gasteiger partial charge is 0.484 e. The van der Waals surface area contributed by atoms with Gasteiger partial charge >= 0.3 is 0 Å². The van der Waals surface area contributed by atoms with Crippen molar-refractivity contribution < 1.29 is 9.53 Å². The topological polar surface area (TPSA) is 32.8 Å². The van der Waals surface area contributed by atoms with Gasteiger partial charge in [-0.25, -0.2) is 0 Å². The van der Waals surface area contributed by atoms with Crippen LogP contribution in [0.4, 0.5) is 5.69 Å². The van der Waals surface area contributed by atoms with Gasteiger partial charge in [-0.1, -0.05) is 36.4 Å². The third kappa shape index (κ3) is 3.70. The van der Waals surface area contributed by atoms with E-state index in [1.807, 2.05) is 36.1 Å². The number of rotatable bonds is 4. The molecular formula is C20H24N2O2. The summed E-state index contributed by atoms with van der Waals surface area (Å²) in [6.07, 6.45) is 0. The van der Waals surface area contributed by atoms with Crippen molar-refractivity contribution in [2.45, 2.75) is 13.8 Å². The Balaban J connectivity index is 1.52. The molecule has 2 aromatic carbocycles. The van der Waals surface area contributed by atoms with E-state index in [0.717, 1.165) is 37.5 Å². The number of anilines is 1. The molecule has 0 unspecified atom stereocenters. The summed E-state index contributed by atoms with van der Waals surface area (Å²) in [7, 11) is 0. The molecule has 0 spiro atoms. The first kappa shape index (κ1) is 16.4. The number of carbonyl (C=O) groups excluding carboxylic acids is 1. The van der Waals surface area contributed by atoms with Crippen molar-refractivity contribution in [1.29, 1.82) is 0 Å². The van der Waals surface area contributed by atoms with E-state index in [4.69, 9.17) is 4.74 Å². The van der Waals surface area contributed by atoms with Gasteiger partial charge in [-0.05, 0) is 37.1 Å². The lowest BCUT2D eigenvalue weighted by Crippen LogP contribution is -2.50. The van der Waals surface area contributed by atoms with Crippen molar-refractivity contribution in [2.24, 2.45) is 0 Å². The van der Waals surface area contributed by atoms with Crippen LogP contribution in [0.5, 0.6) is 5.75 Å². The second-order valence-electron chi connectivity index (χ2n) is 6.21. The van der Waals surface area contributed by atoms with Crippen molar-refractivity contribution in [2.75, 3.05) is 37.7 Å². The van der Waals surface area contributed by atoms with Crippen LogP contribution in [0.2, 0.25) is 0 Å². The molecule has 24 heavy (non-hydrogen) atoms. The Kier molecular flexibility index (Phi) is 5.04. The fourth-order valence-electron chi connectivity index (χ4n) is 3.06. The first-order valence-corrected chi connectivity index (χ1v) is 8.42. The summed E-state index contributed by atoms with van der Waals surface area (Å²) < 4.78 is 5.68. The number of nitrogens with zero attached hydrogens (tertiary/aromatic N) is 2. The van der Waals surface area contributed by atoms with Gasteiger partial charge in [0.05, 0.1) is 0 Å². The van der Waals surface area contributed by atoms with Crippen LogP contribution >= 0.6 is 0 Å². The summed E-state index contributed by atoms with van der Waals surface area (Å²) in [6.45, 7) is 7.43. The quantitative estimate of drug-likeness (QED) is 0.867. The maximum Gasteiger partial charge on any atom is 0.260 e. The second kappa shape index (κ2) is 7.39. The summed E-state index contributed by atoms with van der Waals surface area (Å²) in [5, 5.41) is 0. The highest BCUT2D eigenvalue weighted by Gasteiger charge is 2.22. The van der Waals surface area contributed by atoms with Gasteiger partial charge in [0.2, 0.25) is 0 Å². The molecule has 1 heterocycles. The van der Waals surface area contributed by atoms with Crippen molar-refractivity contribution in [3.63, 3.8) is 0 Å². The average molecular weight is 324 g/mol. The normalized spacial score (nSPS) is 14.6. The van der Waals surface area contributed by atoms with Crippen LogP contribution in [0.15, 0.2) is 48.5 Å². The summed E-state index contributed by atoms with van der Waals surface area (Å²) in [5.41, 5.74) is 3.59. The molecule has 0 bridgehead atoms. The number of ether oxygens (including phenoxy) is 1. The van der Waals surface area contributed by atoms with Gasteiger partial charge in [0.15, 0.2) is 6.61 Å². The number of para-hydroxylation sites is 2. The predicted molar refractivity (Wildman–Crippen MR) is 96.6 cm³/mol. The zero-order valence-corrected chi connectivity index (χ0v) is 14.4. The third-order valence-corrected chi connectivity index (χ3v) is 4.53. The highest BCUT2D eigenvalue weighted by molar-refractivity contribution is 5.78. The van der Waals surface area contributed by atoms with E-state index in [2.05, 4.69) is 36.1 Å². The molecule has 1 aliphatic heterocycles. The minimum atomic E-state index is 0.0580. The molecule has 1 amide bonds. The van der Waals surface area contributed by atoms with Crippen LogP contribution < -0.4 is 9.64 Å². The molecule has 1 saturated heterocycles. The van der Waals surface area contributed by atoms with Crippen LogP contribution in [-0.4, -0.2) is 43.6 Å². The van der Waals surface area contributed by atoms with Crippen LogP contribution in [-0.2, 0) is 4.79 Å². The van der Waals surface area contributed by atoms with Gasteiger partial charge in [0.25, 0.3) is 5.91 Å². The Hall–Kier alpha value is -2.49. The van der Waals surface area contributed by atoms with Gasteiger partial charge in [0.1, 0.15) is 5.75 Å². The number of hydrogen-bond acceptors (Lipinski definition) is 3. The first-order chi connectivity index (χ1) is 11.6. The molecule has 2 aromatic rings. The van der Waals surface area contributed by atoms with Gasteiger partial charge < -0.3 is 14.5 Å². The zero-order valence-electron chi connectivity index (χ0n) is 14.4. The highest BCUT2D eigenvalue weighted by Crippen LogP contribution is 2.21. The van der Waals surface area contributed by atoms with Gasteiger partial charge in [-0.3, -0.25) is 4.79 Å². The Morgan fingerprint density at radius 1 is 0.917 bits per heavy atom. The molecule has 0 N–H and O–H groups in total. The molecule has 0 radical (unpaired) electrons. The molecule has 0 saturated carbocycles. The van der Waals surface area contributed by atoms with E-state index in [1.165, 1.54) is 11.3 Å². The highest BCUT2D eigenvalue weighted by atomic mass is 16.5. The number of hydrogen-bond donors (Lipinski definition) is 0. The summed E-state index contributed by atoms with van der Waals surface area (Å²) in [6, 6.07) is 16.2. The van der Waals surface area contributed by atoms with Crippen molar-refractivity contribution in [3.05, 3.63) is 59.7 Å². The third-order valence-electron chi connectivity index (χ3n) is 4.53. The lowest BCUT2D eigenvalue weighted by molar-refractivity contribution is -0.133. The van der Waals surface area contributed by atoms with E-state index < -0.39 is 0 Å². The second-order valence-corrected chi connectivity index (χ2v) is 6.21. The minimum absolute atomic E-state index is 0.0580. The van der Waals surface area contributed by atoms with Crippen LogP contribution in [0.1, 0.15) is 11.1 Å². The zero-order chi connectivity index (χ0) is 16.9. The van der Waals surface area contributed by atoms with Crippen molar-refractivity contribution >= 4 is 11.6 Å². The van der Waals surface area contributed by atoms with Gasteiger partial charge in [0, 0.05) is 31.9 Å². The maximum absolute atomic E-state index is 12.4. The molecule has 0 atom stereocenters. The minimum Gasteiger partial charge on any atom is -0.484 e. The number of benzene rings is 2. The van der Waals surface area contributed by atoms with Gasteiger partial charge in [-0.2, -0.15) is 0 Å². The number of piperazine rings is 1. The Labute approximate surface area is 143 Å². The monoisotopic (exact) mass is 324 g/mol. The molecule has 4 heteroatoms. The molecule has 3 rings (SSSR count). The summed E-state index contributed by atoms with van der Waals surface area (Å²) >= 11 is 0. The van der Waals surface area contributed by atoms with E-state index in [-0.39, 0.29) is 12.5 Å². The van der Waals surface area contributed by atoms with Crippen LogP contribution in [0.25, 0.3) is 0 Å². The smallest absolute Gasteiger partial charge is 0.260 e. The lowest BCUT2D eigenvalue weighted by atomic mass is 10.1. The SMILES string of the molecule is Cc1ccccc1OCC(=O)N1CCN(c2ccccc2C)CC1. The molecule has 1 aliphatic rings. The van der Waals surface area contributed by atoms with Gasteiger partial charge in [-0.15, -0.1) is 0 Å². The Morgan fingerprint density at radius 2 is 1.54 bits per heavy atom. The van der Waals surface area contributed by atoms with Crippen molar-refractivity contribution in [1.82, 2.24) is 4.90 Å². The molecule has 126 valence electrons. The lowest BCUT2D eigenvalue weighted by Gasteiger charge is -2.36. The van der Waals surface area contributed by atoms with E-state index >= 15 is 0 Å². The molecule has 1 fully saturated rings. The fraction of sp³-hybridized carbons (Fsp3) is 0.350. The van der Waals surface area contributed by atoms with E-state index in [1.54, 1.807) is 0 Å². The molecular weight excluding hydrogens is 300 g/mol. The Morgan fingerprint density at radius 3 is 2.21 bits per heavy atom. The van der Waals surface area contributed by atoms with Crippen LogP contribution in [0.3, 0.4) is 0 Å². The van der Waals surface area contributed by atoms with Crippen LogP contribution in [0, 0.1) is 13.8 Å². The van der Waals surface area contributed by atoms with Crippen molar-refractivity contribution in [3.8, 4) is 5.75 Å². The number of aryl methyl sites for hydroxylation is 2. The summed E-state index contributed by atoms with van der Waals surface area (Å²) in [4.78, 5) is 16.6. The molecule has 0 aromatic heterocycles. The molecule has 4 nitrogen and oxygen atoms in total. The van der Waals surface area contributed by atoms with E-state index in [9.17, 15) is 4.79 Å². The fourth-order valence-corrected chi connectivity index (χ4v) is 3.06. The first-order valence-electron chi connectivity index (χ1n) is 8.42. The number of carbonyl (C=O) groups is 1. The Bertz CT molecular complexity index is 706. The standard InChI is InChI=1S/C20H24N2O2/c1-16-7-3-5-9-18(16)21-11-13-22(14-12-21)20(23)15-24-19-10-6-4-8-17(19)2/h3-10H,11-15H2,1-2H3. The predicted octanol–water partition coefficient (Wildman–Crippen LogP) is 3.03. The number of amides is 1. The molecule has 0 aliphatic carbocycles. The maximum atomic E-state index is 12.4. The summed E-state index contributed by atoms with van der Waals surface area (Å²) in [5.74, 6) is 0.840. The van der Waals surface area contributed by atoms with E-state index in [0.29, 0.717) is 0 Å².